The molecule has 2 aliphatic rings. The summed E-state index contributed by atoms with van der Waals surface area (Å²) in [4.78, 5) is 18.0. The van der Waals surface area contributed by atoms with Gasteiger partial charge in [-0.05, 0) is 83.7 Å². The number of hydrogen-bond donors (Lipinski definition) is 0. The van der Waals surface area contributed by atoms with Gasteiger partial charge in [0.2, 0.25) is 5.91 Å². The first-order valence-electron chi connectivity index (χ1n) is 14.5. The van der Waals surface area contributed by atoms with Gasteiger partial charge in [-0.2, -0.15) is 0 Å². The fraction of sp³-hybridized carbons (Fsp3) is 0.441. The molecule has 0 saturated heterocycles. The van der Waals surface area contributed by atoms with Crippen molar-refractivity contribution in [2.75, 3.05) is 54.6 Å². The lowest BCUT2D eigenvalue weighted by Gasteiger charge is -2.27. The Morgan fingerprint density at radius 1 is 0.756 bits per heavy atom. The molecule has 0 atom stereocenters. The Bertz CT molecular complexity index is 1270. The van der Waals surface area contributed by atoms with Crippen molar-refractivity contribution in [1.82, 2.24) is 9.80 Å². The minimum absolute atomic E-state index is 0.221. The van der Waals surface area contributed by atoms with Gasteiger partial charge in [0.25, 0.3) is 0 Å². The van der Waals surface area contributed by atoms with Crippen LogP contribution in [-0.2, 0) is 37.0 Å². The third-order valence-electron chi connectivity index (χ3n) is 8.49. The third kappa shape index (κ3) is 6.79. The van der Waals surface area contributed by atoms with Crippen LogP contribution in [0.25, 0.3) is 0 Å². The van der Waals surface area contributed by atoms with Crippen molar-refractivity contribution in [3.8, 4) is 23.0 Å². The van der Waals surface area contributed by atoms with Gasteiger partial charge in [0, 0.05) is 39.1 Å². The van der Waals surface area contributed by atoms with Crippen molar-refractivity contribution in [1.29, 1.82) is 0 Å². The molecule has 0 saturated carbocycles. The molecule has 0 N–H and O–H groups in total. The SMILES string of the molecule is COc1cc2c(cc1OC)CCN(C(=O)CCN(Cc1ccccc1)CC1Cc3cc(OC)c(OC)cc3C1)CC2. The molecule has 1 aliphatic carbocycles. The first kappa shape index (κ1) is 28.8. The Morgan fingerprint density at radius 2 is 1.24 bits per heavy atom. The van der Waals surface area contributed by atoms with Gasteiger partial charge in [-0.15, -0.1) is 0 Å². The first-order chi connectivity index (χ1) is 20.0. The maximum atomic E-state index is 13.5. The summed E-state index contributed by atoms with van der Waals surface area (Å²) in [6, 6.07) is 18.9. The highest BCUT2D eigenvalue weighted by molar-refractivity contribution is 5.76. The zero-order chi connectivity index (χ0) is 28.8. The zero-order valence-electron chi connectivity index (χ0n) is 24.8. The Labute approximate surface area is 244 Å². The van der Waals surface area contributed by atoms with Gasteiger partial charge >= 0.3 is 0 Å². The van der Waals surface area contributed by atoms with Crippen molar-refractivity contribution < 1.29 is 23.7 Å². The van der Waals surface area contributed by atoms with Gasteiger partial charge in [0.05, 0.1) is 28.4 Å². The van der Waals surface area contributed by atoms with Crippen LogP contribution in [0.4, 0.5) is 0 Å². The molecule has 7 heteroatoms. The summed E-state index contributed by atoms with van der Waals surface area (Å²) in [5, 5.41) is 0. The molecule has 0 spiro atoms. The van der Waals surface area contributed by atoms with Gasteiger partial charge in [0.15, 0.2) is 23.0 Å². The molecule has 41 heavy (non-hydrogen) atoms. The standard InChI is InChI=1S/C34H42N2O5/c1-38-30-18-26-10-14-36(15-11-27(26)19-31(30)39-2)34(37)12-13-35(22-24-8-6-5-7-9-24)23-25-16-28-20-32(40-3)33(41-4)21-29(28)17-25/h5-9,18-21,25H,10-17,22-23H2,1-4H3. The molecule has 1 aliphatic heterocycles. The van der Waals surface area contributed by atoms with E-state index in [1.165, 1.54) is 27.8 Å². The third-order valence-corrected chi connectivity index (χ3v) is 8.49. The number of benzene rings is 3. The normalized spacial score (nSPS) is 14.8. The number of hydrogen-bond acceptors (Lipinski definition) is 6. The van der Waals surface area contributed by atoms with E-state index >= 15 is 0 Å². The molecule has 3 aromatic carbocycles. The van der Waals surface area contributed by atoms with Crippen molar-refractivity contribution in [3.05, 3.63) is 82.4 Å². The van der Waals surface area contributed by atoms with Crippen LogP contribution < -0.4 is 18.9 Å². The topological polar surface area (TPSA) is 60.5 Å². The van der Waals surface area contributed by atoms with Crippen LogP contribution in [0, 0.1) is 5.92 Å². The van der Waals surface area contributed by atoms with Gasteiger partial charge in [-0.25, -0.2) is 0 Å². The summed E-state index contributed by atoms with van der Waals surface area (Å²) < 4.78 is 22.1. The van der Waals surface area contributed by atoms with Crippen LogP contribution in [0.15, 0.2) is 54.6 Å². The minimum Gasteiger partial charge on any atom is -0.493 e. The maximum Gasteiger partial charge on any atom is 0.223 e. The maximum absolute atomic E-state index is 13.5. The molecule has 1 heterocycles. The highest BCUT2D eigenvalue weighted by Crippen LogP contribution is 2.37. The van der Waals surface area contributed by atoms with Crippen molar-refractivity contribution in [3.63, 3.8) is 0 Å². The highest BCUT2D eigenvalue weighted by atomic mass is 16.5. The number of ether oxygens (including phenoxy) is 4. The number of nitrogens with zero attached hydrogens (tertiary/aromatic N) is 2. The molecule has 7 nitrogen and oxygen atoms in total. The number of carbonyl (C=O) groups is 1. The molecule has 1 amide bonds. The van der Waals surface area contributed by atoms with E-state index in [1.807, 2.05) is 11.0 Å². The predicted molar refractivity (Wildman–Crippen MR) is 160 cm³/mol. The minimum atomic E-state index is 0.221. The smallest absolute Gasteiger partial charge is 0.223 e. The lowest BCUT2D eigenvalue weighted by Crippen LogP contribution is -2.37. The summed E-state index contributed by atoms with van der Waals surface area (Å²) in [6.07, 6.45) is 4.17. The molecular weight excluding hydrogens is 516 g/mol. The van der Waals surface area contributed by atoms with Crippen LogP contribution in [0.2, 0.25) is 0 Å². The van der Waals surface area contributed by atoms with Crippen LogP contribution in [-0.4, -0.2) is 70.3 Å². The molecule has 0 aromatic heterocycles. The van der Waals surface area contributed by atoms with Crippen molar-refractivity contribution in [2.24, 2.45) is 5.92 Å². The van der Waals surface area contributed by atoms with Gasteiger partial charge in [0.1, 0.15) is 0 Å². The van der Waals surface area contributed by atoms with E-state index < -0.39 is 0 Å². The van der Waals surface area contributed by atoms with Gasteiger partial charge in [-0.3, -0.25) is 9.69 Å². The lowest BCUT2D eigenvalue weighted by atomic mass is 10.0. The Hall–Kier alpha value is -3.71. The second kappa shape index (κ2) is 13.3. The number of fused-ring (bicyclic) bond motifs is 2. The second-order valence-electron chi connectivity index (χ2n) is 11.1. The number of methoxy groups -OCH3 is 4. The molecule has 3 aromatic rings. The van der Waals surface area contributed by atoms with Crippen LogP contribution in [0.1, 0.15) is 34.2 Å². The number of amides is 1. The second-order valence-corrected chi connectivity index (χ2v) is 11.1. The molecule has 0 fully saturated rings. The van der Waals surface area contributed by atoms with E-state index in [9.17, 15) is 4.79 Å². The van der Waals surface area contributed by atoms with Gasteiger partial charge in [-0.1, -0.05) is 30.3 Å². The molecular formula is C34H42N2O5. The Balaban J connectivity index is 1.23. The van der Waals surface area contributed by atoms with Crippen LogP contribution >= 0.6 is 0 Å². The van der Waals surface area contributed by atoms with E-state index in [0.717, 1.165) is 81.4 Å². The fourth-order valence-electron chi connectivity index (χ4n) is 6.32. The van der Waals surface area contributed by atoms with E-state index in [4.69, 9.17) is 18.9 Å². The average molecular weight is 559 g/mol. The summed E-state index contributed by atoms with van der Waals surface area (Å²) in [6.45, 7) is 3.95. The summed E-state index contributed by atoms with van der Waals surface area (Å²) in [7, 11) is 6.70. The first-order valence-corrected chi connectivity index (χ1v) is 14.5. The molecule has 0 unspecified atom stereocenters. The highest BCUT2D eigenvalue weighted by Gasteiger charge is 2.27. The van der Waals surface area contributed by atoms with Crippen LogP contribution in [0.3, 0.4) is 0 Å². The molecule has 218 valence electrons. The van der Waals surface area contributed by atoms with E-state index in [0.29, 0.717) is 12.3 Å². The van der Waals surface area contributed by atoms with Crippen molar-refractivity contribution >= 4 is 5.91 Å². The summed E-state index contributed by atoms with van der Waals surface area (Å²) in [5.41, 5.74) is 6.41. The van der Waals surface area contributed by atoms with Crippen LogP contribution in [0.5, 0.6) is 23.0 Å². The molecule has 0 radical (unpaired) electrons. The van der Waals surface area contributed by atoms with E-state index in [1.54, 1.807) is 28.4 Å². The Kier molecular flexibility index (Phi) is 9.35. The summed E-state index contributed by atoms with van der Waals surface area (Å²) >= 11 is 0. The fourth-order valence-corrected chi connectivity index (χ4v) is 6.32. The summed E-state index contributed by atoms with van der Waals surface area (Å²) in [5.74, 6) is 3.77. The Morgan fingerprint density at radius 3 is 1.73 bits per heavy atom. The average Bonchev–Trinajstić information content (AvgIpc) is 3.27. The quantitative estimate of drug-likeness (QED) is 0.332. The van der Waals surface area contributed by atoms with Crippen molar-refractivity contribution in [2.45, 2.75) is 38.6 Å². The monoisotopic (exact) mass is 558 g/mol. The predicted octanol–water partition coefficient (Wildman–Crippen LogP) is 4.96. The molecule has 0 bridgehead atoms. The van der Waals surface area contributed by atoms with E-state index in [2.05, 4.69) is 53.4 Å². The van der Waals surface area contributed by atoms with E-state index in [-0.39, 0.29) is 5.91 Å². The number of carbonyl (C=O) groups excluding carboxylic acids is 1. The van der Waals surface area contributed by atoms with Gasteiger partial charge < -0.3 is 23.8 Å². The largest absolute Gasteiger partial charge is 0.493 e. The lowest BCUT2D eigenvalue weighted by molar-refractivity contribution is -0.131. The number of rotatable bonds is 11. The zero-order valence-corrected chi connectivity index (χ0v) is 24.8. The molecule has 5 rings (SSSR count).